The molecule has 0 bridgehead atoms. The van der Waals surface area contributed by atoms with Crippen LogP contribution in [-0.2, 0) is 20.6 Å². The molecule has 1 N–H and O–H groups in total. The van der Waals surface area contributed by atoms with Crippen LogP contribution in [0.5, 0.6) is 0 Å². The summed E-state index contributed by atoms with van der Waals surface area (Å²) in [4.78, 5) is 11.0. The zero-order chi connectivity index (χ0) is 16.9. The van der Waals surface area contributed by atoms with E-state index < -0.39 is 10.0 Å². The first-order valence-corrected chi connectivity index (χ1v) is 9.79. The van der Waals surface area contributed by atoms with Crippen LogP contribution in [0.4, 0.5) is 0 Å². The number of rotatable bonds is 6. The van der Waals surface area contributed by atoms with Gasteiger partial charge in [0, 0.05) is 26.1 Å². The van der Waals surface area contributed by atoms with Crippen molar-refractivity contribution in [2.24, 2.45) is 0 Å². The molecule has 0 saturated carbocycles. The molecule has 0 radical (unpaired) electrons. The van der Waals surface area contributed by atoms with Crippen molar-refractivity contribution in [3.8, 4) is 0 Å². The number of nitrogens with zero attached hydrogens (tertiary/aromatic N) is 1. The molecule has 1 fully saturated rings. The molecule has 1 heterocycles. The van der Waals surface area contributed by atoms with Gasteiger partial charge in [0.15, 0.2) is 0 Å². The van der Waals surface area contributed by atoms with Crippen LogP contribution in [-0.4, -0.2) is 37.8 Å². The molecule has 1 amide bonds. The molecule has 1 atom stereocenters. The molecule has 0 aliphatic carbocycles. The van der Waals surface area contributed by atoms with Gasteiger partial charge >= 0.3 is 0 Å². The van der Waals surface area contributed by atoms with E-state index in [0.29, 0.717) is 19.5 Å². The fraction of sp³-hybridized carbons (Fsp3) is 0.588. The molecule has 6 heteroatoms. The number of hydrogen-bond acceptors (Lipinski definition) is 3. The number of aryl methyl sites for hydroxylation is 1. The van der Waals surface area contributed by atoms with E-state index in [1.165, 1.54) is 6.92 Å². The summed E-state index contributed by atoms with van der Waals surface area (Å²) in [5.74, 6) is -0.0286. The second-order valence-electron chi connectivity index (χ2n) is 6.27. The molecule has 23 heavy (non-hydrogen) atoms. The standard InChI is InChI=1S/C17H26N2O3S/c1-14-6-8-16(9-7-14)13-23(21,22)19-12-4-3-5-17(19)10-11-18-15(2)20/h6-9,17H,3-5,10-13H2,1-2H3,(H,18,20)/t17-/m1/s1. The fourth-order valence-electron chi connectivity index (χ4n) is 3.02. The number of carbonyl (C=O) groups is 1. The van der Waals surface area contributed by atoms with Gasteiger partial charge in [0.2, 0.25) is 15.9 Å². The Morgan fingerprint density at radius 2 is 1.96 bits per heavy atom. The Morgan fingerprint density at radius 3 is 2.61 bits per heavy atom. The zero-order valence-corrected chi connectivity index (χ0v) is 14.7. The first-order valence-electron chi connectivity index (χ1n) is 8.18. The molecule has 5 nitrogen and oxygen atoms in total. The Labute approximate surface area is 139 Å². The first-order chi connectivity index (χ1) is 10.9. The molecule has 0 unspecified atom stereocenters. The van der Waals surface area contributed by atoms with Crippen molar-refractivity contribution in [2.75, 3.05) is 13.1 Å². The average Bonchev–Trinajstić information content (AvgIpc) is 2.49. The molecular weight excluding hydrogens is 312 g/mol. The Morgan fingerprint density at radius 1 is 1.26 bits per heavy atom. The molecule has 1 aromatic rings. The van der Waals surface area contributed by atoms with Gasteiger partial charge in [-0.05, 0) is 31.7 Å². The summed E-state index contributed by atoms with van der Waals surface area (Å²) in [7, 11) is -3.33. The third-order valence-electron chi connectivity index (χ3n) is 4.25. The van der Waals surface area contributed by atoms with E-state index in [1.807, 2.05) is 31.2 Å². The van der Waals surface area contributed by atoms with Crippen LogP contribution < -0.4 is 5.32 Å². The largest absolute Gasteiger partial charge is 0.356 e. The minimum Gasteiger partial charge on any atom is -0.356 e. The minimum atomic E-state index is -3.33. The summed E-state index contributed by atoms with van der Waals surface area (Å²) in [6.45, 7) is 4.57. The van der Waals surface area contributed by atoms with E-state index in [9.17, 15) is 13.2 Å². The smallest absolute Gasteiger partial charge is 0.218 e. The second-order valence-corrected chi connectivity index (χ2v) is 8.20. The van der Waals surface area contributed by atoms with Crippen molar-refractivity contribution in [2.45, 2.75) is 51.3 Å². The van der Waals surface area contributed by atoms with Crippen LogP contribution >= 0.6 is 0 Å². The maximum absolute atomic E-state index is 12.8. The Balaban J connectivity index is 2.05. The fourth-order valence-corrected chi connectivity index (χ4v) is 4.87. The van der Waals surface area contributed by atoms with Gasteiger partial charge in [-0.15, -0.1) is 0 Å². The van der Waals surface area contributed by atoms with Crippen molar-refractivity contribution >= 4 is 15.9 Å². The first kappa shape index (κ1) is 17.9. The molecule has 1 aliphatic heterocycles. The molecule has 0 spiro atoms. The molecular formula is C17H26N2O3S. The van der Waals surface area contributed by atoms with E-state index in [4.69, 9.17) is 0 Å². The van der Waals surface area contributed by atoms with Gasteiger partial charge in [0.05, 0.1) is 5.75 Å². The maximum Gasteiger partial charge on any atom is 0.218 e. The lowest BCUT2D eigenvalue weighted by molar-refractivity contribution is -0.119. The second kappa shape index (κ2) is 7.93. The summed E-state index contributed by atoms with van der Waals surface area (Å²) in [6, 6.07) is 7.63. The highest BCUT2D eigenvalue weighted by atomic mass is 32.2. The lowest BCUT2D eigenvalue weighted by Crippen LogP contribution is -2.45. The number of benzene rings is 1. The lowest BCUT2D eigenvalue weighted by atomic mass is 10.0. The average molecular weight is 338 g/mol. The Bertz CT molecular complexity index is 626. The van der Waals surface area contributed by atoms with Crippen molar-refractivity contribution in [1.82, 2.24) is 9.62 Å². The van der Waals surface area contributed by atoms with Crippen molar-refractivity contribution in [3.63, 3.8) is 0 Å². The topological polar surface area (TPSA) is 66.5 Å². The number of amides is 1. The van der Waals surface area contributed by atoms with Crippen LogP contribution in [0.2, 0.25) is 0 Å². The maximum atomic E-state index is 12.8. The highest BCUT2D eigenvalue weighted by Crippen LogP contribution is 2.24. The summed E-state index contributed by atoms with van der Waals surface area (Å²) >= 11 is 0. The van der Waals surface area contributed by atoms with E-state index in [-0.39, 0.29) is 17.7 Å². The SMILES string of the molecule is CC(=O)NCC[C@H]1CCCCN1S(=O)(=O)Cc1ccc(C)cc1. The van der Waals surface area contributed by atoms with E-state index in [2.05, 4.69) is 5.32 Å². The normalized spacial score (nSPS) is 19.5. The van der Waals surface area contributed by atoms with Gasteiger partial charge in [-0.3, -0.25) is 4.79 Å². The number of nitrogens with one attached hydrogen (secondary N) is 1. The summed E-state index contributed by atoms with van der Waals surface area (Å²) in [5, 5.41) is 2.76. The third-order valence-corrected chi connectivity index (χ3v) is 6.15. The molecule has 0 aromatic heterocycles. The number of carbonyl (C=O) groups excluding carboxylic acids is 1. The zero-order valence-electron chi connectivity index (χ0n) is 13.9. The minimum absolute atomic E-state index is 0.00829. The van der Waals surface area contributed by atoms with E-state index >= 15 is 0 Å². The van der Waals surface area contributed by atoms with Crippen LogP contribution in [0.1, 0.15) is 43.7 Å². The van der Waals surface area contributed by atoms with Gasteiger partial charge in [-0.25, -0.2) is 8.42 Å². The summed E-state index contributed by atoms with van der Waals surface area (Å²) < 4.78 is 27.2. The van der Waals surface area contributed by atoms with Gasteiger partial charge in [0.1, 0.15) is 0 Å². The Hall–Kier alpha value is -1.40. The molecule has 1 aliphatic rings. The van der Waals surface area contributed by atoms with Crippen LogP contribution in [0.15, 0.2) is 24.3 Å². The predicted octanol–water partition coefficient (Wildman–Crippen LogP) is 2.21. The predicted molar refractivity (Wildman–Crippen MR) is 91.4 cm³/mol. The Kier molecular flexibility index (Phi) is 6.18. The highest BCUT2D eigenvalue weighted by Gasteiger charge is 2.31. The van der Waals surface area contributed by atoms with Gasteiger partial charge in [-0.2, -0.15) is 4.31 Å². The molecule has 2 rings (SSSR count). The lowest BCUT2D eigenvalue weighted by Gasteiger charge is -2.34. The van der Waals surface area contributed by atoms with E-state index in [0.717, 1.165) is 30.4 Å². The van der Waals surface area contributed by atoms with Gasteiger partial charge in [-0.1, -0.05) is 36.2 Å². The van der Waals surface area contributed by atoms with Crippen molar-refractivity contribution in [1.29, 1.82) is 0 Å². The van der Waals surface area contributed by atoms with E-state index in [1.54, 1.807) is 4.31 Å². The van der Waals surface area contributed by atoms with Crippen molar-refractivity contribution < 1.29 is 13.2 Å². The summed E-state index contributed by atoms with van der Waals surface area (Å²) in [6.07, 6.45) is 3.49. The molecule has 1 saturated heterocycles. The number of sulfonamides is 1. The van der Waals surface area contributed by atoms with Crippen LogP contribution in [0.25, 0.3) is 0 Å². The third kappa shape index (κ3) is 5.32. The number of hydrogen-bond donors (Lipinski definition) is 1. The van der Waals surface area contributed by atoms with Crippen LogP contribution in [0, 0.1) is 6.92 Å². The summed E-state index contributed by atoms with van der Waals surface area (Å²) in [5.41, 5.74) is 1.94. The monoisotopic (exact) mass is 338 g/mol. The highest BCUT2D eigenvalue weighted by molar-refractivity contribution is 7.88. The van der Waals surface area contributed by atoms with Gasteiger partial charge in [0.25, 0.3) is 0 Å². The van der Waals surface area contributed by atoms with Crippen LogP contribution in [0.3, 0.4) is 0 Å². The quantitative estimate of drug-likeness (QED) is 0.865. The number of piperidine rings is 1. The molecule has 1 aromatic carbocycles. The van der Waals surface area contributed by atoms with Crippen molar-refractivity contribution in [3.05, 3.63) is 35.4 Å². The van der Waals surface area contributed by atoms with Gasteiger partial charge < -0.3 is 5.32 Å². The molecule has 128 valence electrons.